The van der Waals surface area contributed by atoms with E-state index in [0.29, 0.717) is 17.1 Å². The molecule has 0 heterocycles. The summed E-state index contributed by atoms with van der Waals surface area (Å²) in [6, 6.07) is 0. The van der Waals surface area contributed by atoms with Crippen LogP contribution in [-0.4, -0.2) is 5.78 Å². The van der Waals surface area contributed by atoms with Crippen molar-refractivity contribution in [3.63, 3.8) is 0 Å². The zero-order valence-electron chi connectivity index (χ0n) is 5.55. The molecule has 4 atom stereocenters. The summed E-state index contributed by atoms with van der Waals surface area (Å²) in [5.74, 6) is 2.74. The van der Waals surface area contributed by atoms with E-state index in [0.717, 1.165) is 18.3 Å². The summed E-state index contributed by atoms with van der Waals surface area (Å²) in [6.07, 6.45) is 2.28. The summed E-state index contributed by atoms with van der Waals surface area (Å²) < 4.78 is 0. The van der Waals surface area contributed by atoms with Crippen molar-refractivity contribution in [2.24, 2.45) is 23.2 Å². The monoisotopic (exact) mass is 122 g/mol. The number of carbonyl (C=O) groups is 1. The molecule has 0 spiro atoms. The Balaban J connectivity index is 2.12. The van der Waals surface area contributed by atoms with Crippen LogP contribution in [0.1, 0.15) is 19.8 Å². The fourth-order valence-electron chi connectivity index (χ4n) is 3.21. The smallest absolute Gasteiger partial charge is 0.137 e. The second-order valence-corrected chi connectivity index (χ2v) is 4.05. The second kappa shape index (κ2) is 0.882. The van der Waals surface area contributed by atoms with Gasteiger partial charge in [0.1, 0.15) is 5.78 Å². The van der Waals surface area contributed by atoms with Crippen molar-refractivity contribution in [3.05, 3.63) is 0 Å². The summed E-state index contributed by atoms with van der Waals surface area (Å²) in [4.78, 5) is 11.1. The van der Waals surface area contributed by atoms with Crippen molar-refractivity contribution >= 4 is 5.78 Å². The third kappa shape index (κ3) is 0.246. The molecule has 3 saturated carbocycles. The molecule has 0 N–H and O–H groups in total. The predicted molar refractivity (Wildman–Crippen MR) is 32.8 cm³/mol. The average Bonchev–Trinajstić information content (AvgIpc) is 2.23. The fraction of sp³-hybridized carbons (Fsp3) is 0.875. The lowest BCUT2D eigenvalue weighted by atomic mass is 9.73. The van der Waals surface area contributed by atoms with Gasteiger partial charge in [0, 0.05) is 12.3 Å². The van der Waals surface area contributed by atoms with Crippen LogP contribution in [0.3, 0.4) is 0 Å². The van der Waals surface area contributed by atoms with E-state index in [2.05, 4.69) is 6.92 Å². The van der Waals surface area contributed by atoms with Crippen molar-refractivity contribution in [2.45, 2.75) is 19.8 Å². The number of hydrogen-bond donors (Lipinski definition) is 0. The summed E-state index contributed by atoms with van der Waals surface area (Å²) in [5, 5.41) is 0. The van der Waals surface area contributed by atoms with Crippen molar-refractivity contribution in [1.29, 1.82) is 0 Å². The highest BCUT2D eigenvalue weighted by Gasteiger charge is 2.79. The van der Waals surface area contributed by atoms with E-state index in [1.54, 1.807) is 0 Å². The summed E-state index contributed by atoms with van der Waals surface area (Å²) >= 11 is 0. The molecule has 0 saturated heterocycles. The average molecular weight is 122 g/mol. The van der Waals surface area contributed by atoms with E-state index in [1.165, 1.54) is 6.42 Å². The molecule has 1 heteroatoms. The molecule has 1 nitrogen and oxygen atoms in total. The van der Waals surface area contributed by atoms with Crippen LogP contribution in [-0.2, 0) is 4.79 Å². The second-order valence-electron chi connectivity index (χ2n) is 4.05. The normalized spacial score (nSPS) is 67.2. The van der Waals surface area contributed by atoms with Crippen molar-refractivity contribution in [3.8, 4) is 0 Å². The van der Waals surface area contributed by atoms with Gasteiger partial charge in [-0.15, -0.1) is 0 Å². The highest BCUT2D eigenvalue weighted by Crippen LogP contribution is 2.80. The minimum Gasteiger partial charge on any atom is -0.299 e. The van der Waals surface area contributed by atoms with Crippen LogP contribution in [0.15, 0.2) is 0 Å². The first kappa shape index (κ1) is 4.48. The van der Waals surface area contributed by atoms with Gasteiger partial charge in [0.15, 0.2) is 0 Å². The van der Waals surface area contributed by atoms with E-state index in [4.69, 9.17) is 0 Å². The Morgan fingerprint density at radius 3 is 2.67 bits per heavy atom. The van der Waals surface area contributed by atoms with Gasteiger partial charge in [0.25, 0.3) is 0 Å². The molecule has 0 aromatic carbocycles. The Morgan fingerprint density at radius 2 is 2.44 bits per heavy atom. The van der Waals surface area contributed by atoms with E-state index in [9.17, 15) is 4.79 Å². The zero-order valence-corrected chi connectivity index (χ0v) is 5.55. The maximum Gasteiger partial charge on any atom is 0.137 e. The topological polar surface area (TPSA) is 17.1 Å². The molecule has 0 amide bonds. The first-order valence-corrected chi connectivity index (χ1v) is 3.77. The first-order valence-electron chi connectivity index (χ1n) is 3.77. The van der Waals surface area contributed by atoms with Crippen LogP contribution in [0.5, 0.6) is 0 Å². The standard InChI is InChI=1S/C8H10O/c1-8-4-2-5(8)7(8)6(9)3-4/h4-5,7H,2-3H2,1H3. The van der Waals surface area contributed by atoms with Gasteiger partial charge < -0.3 is 0 Å². The van der Waals surface area contributed by atoms with E-state index in [1.807, 2.05) is 0 Å². The number of ketones is 1. The summed E-state index contributed by atoms with van der Waals surface area (Å²) in [7, 11) is 0. The van der Waals surface area contributed by atoms with Gasteiger partial charge in [0.05, 0.1) is 0 Å². The minimum absolute atomic E-state index is 0.530. The lowest BCUT2D eigenvalue weighted by molar-refractivity contribution is -0.121. The van der Waals surface area contributed by atoms with E-state index >= 15 is 0 Å². The predicted octanol–water partition coefficient (Wildman–Crippen LogP) is 1.23. The Hall–Kier alpha value is -0.330. The number of carbonyl (C=O) groups excluding carboxylic acids is 1. The molecule has 3 aliphatic carbocycles. The third-order valence-electron chi connectivity index (χ3n) is 3.97. The maximum atomic E-state index is 11.1. The lowest BCUT2D eigenvalue weighted by Crippen LogP contribution is -2.25. The Labute approximate surface area is 54.4 Å². The largest absolute Gasteiger partial charge is 0.299 e. The molecule has 3 fully saturated rings. The van der Waals surface area contributed by atoms with Crippen molar-refractivity contribution < 1.29 is 4.79 Å². The molecule has 4 unspecified atom stereocenters. The van der Waals surface area contributed by atoms with Crippen molar-refractivity contribution in [1.82, 2.24) is 0 Å². The first-order chi connectivity index (χ1) is 4.24. The number of Topliss-reactive ketones (excluding diaryl/α,β-unsaturated/α-hetero) is 1. The van der Waals surface area contributed by atoms with Gasteiger partial charge in [0.2, 0.25) is 0 Å². The Bertz CT molecular complexity index is 209. The summed E-state index contributed by atoms with van der Waals surface area (Å²) in [5.41, 5.74) is 0.539. The van der Waals surface area contributed by atoms with Gasteiger partial charge in [-0.25, -0.2) is 0 Å². The molecule has 9 heavy (non-hydrogen) atoms. The van der Waals surface area contributed by atoms with Crippen molar-refractivity contribution in [2.75, 3.05) is 0 Å². The molecule has 3 rings (SSSR count). The highest BCUT2D eigenvalue weighted by molar-refractivity contribution is 5.90. The number of hydrogen-bond acceptors (Lipinski definition) is 1. The summed E-state index contributed by atoms with van der Waals surface area (Å²) in [6.45, 7) is 2.29. The number of fused-ring (bicyclic) bond motifs is 1. The van der Waals surface area contributed by atoms with Crippen LogP contribution in [0.2, 0.25) is 0 Å². The zero-order chi connectivity index (χ0) is 6.22. The molecule has 3 aliphatic rings. The Morgan fingerprint density at radius 1 is 1.67 bits per heavy atom. The van der Waals surface area contributed by atoms with Crippen LogP contribution >= 0.6 is 0 Å². The van der Waals surface area contributed by atoms with Gasteiger partial charge in [-0.1, -0.05) is 6.92 Å². The van der Waals surface area contributed by atoms with Crippen LogP contribution in [0.4, 0.5) is 0 Å². The van der Waals surface area contributed by atoms with Crippen LogP contribution < -0.4 is 0 Å². The molecule has 0 aromatic rings. The molecular formula is C8H10O. The Kier molecular flexibility index (Phi) is 0.439. The molecule has 0 bridgehead atoms. The molecule has 0 aromatic heterocycles. The SMILES string of the molecule is CC12C3CC(=O)C1C2C3. The van der Waals surface area contributed by atoms with Crippen LogP contribution in [0.25, 0.3) is 0 Å². The molecule has 48 valence electrons. The van der Waals surface area contributed by atoms with E-state index < -0.39 is 0 Å². The van der Waals surface area contributed by atoms with Gasteiger partial charge in [-0.2, -0.15) is 0 Å². The van der Waals surface area contributed by atoms with Gasteiger partial charge >= 0.3 is 0 Å². The third-order valence-corrected chi connectivity index (χ3v) is 3.97. The lowest BCUT2D eigenvalue weighted by Gasteiger charge is -2.30. The quantitative estimate of drug-likeness (QED) is 0.472. The van der Waals surface area contributed by atoms with Gasteiger partial charge in [-0.05, 0) is 23.7 Å². The molecule has 0 radical (unpaired) electrons. The minimum atomic E-state index is 0.530. The van der Waals surface area contributed by atoms with E-state index in [-0.39, 0.29) is 0 Å². The highest BCUT2D eigenvalue weighted by atomic mass is 16.1. The maximum absolute atomic E-state index is 11.1. The molecular weight excluding hydrogens is 112 g/mol. The fourth-order valence-corrected chi connectivity index (χ4v) is 3.21. The molecule has 0 aliphatic heterocycles. The number of rotatable bonds is 0. The van der Waals surface area contributed by atoms with Gasteiger partial charge in [-0.3, -0.25) is 4.79 Å². The van der Waals surface area contributed by atoms with Crippen LogP contribution in [0, 0.1) is 23.2 Å².